The van der Waals surface area contributed by atoms with E-state index in [1.165, 1.54) is 24.6 Å². The van der Waals surface area contributed by atoms with E-state index in [9.17, 15) is 4.79 Å². The lowest BCUT2D eigenvalue weighted by molar-refractivity contribution is -0.113. The van der Waals surface area contributed by atoms with Crippen LogP contribution < -0.4 is 5.32 Å². The number of nitrogens with zero attached hydrogens (tertiary/aromatic N) is 5. The fraction of sp³-hybridized carbons (Fsp3) is 0.381. The molecule has 0 atom stereocenters. The highest BCUT2D eigenvalue weighted by Crippen LogP contribution is 2.24. The second-order valence-electron chi connectivity index (χ2n) is 7.25. The molecule has 1 N–H and O–H groups in total. The fourth-order valence-electron chi connectivity index (χ4n) is 3.49. The van der Waals surface area contributed by atoms with Crippen LogP contribution in [0.3, 0.4) is 0 Å². The van der Waals surface area contributed by atoms with Crippen LogP contribution in [0.1, 0.15) is 36.5 Å². The smallest absolute Gasteiger partial charge is 0.234 e. The lowest BCUT2D eigenvalue weighted by Crippen LogP contribution is -2.14. The molecular formula is C21H24N6OS. The van der Waals surface area contributed by atoms with E-state index in [1.54, 1.807) is 0 Å². The first-order valence-corrected chi connectivity index (χ1v) is 10.8. The van der Waals surface area contributed by atoms with E-state index in [0.29, 0.717) is 5.16 Å². The van der Waals surface area contributed by atoms with E-state index in [2.05, 4.69) is 30.0 Å². The van der Waals surface area contributed by atoms with Crippen molar-refractivity contribution in [2.24, 2.45) is 0 Å². The number of rotatable bonds is 5. The molecule has 2 aromatic heterocycles. The zero-order valence-corrected chi connectivity index (χ0v) is 17.5. The molecule has 1 aliphatic rings. The summed E-state index contributed by atoms with van der Waals surface area (Å²) in [6.45, 7) is 4.82. The predicted molar refractivity (Wildman–Crippen MR) is 114 cm³/mol. The van der Waals surface area contributed by atoms with Gasteiger partial charge in [-0.1, -0.05) is 18.2 Å². The summed E-state index contributed by atoms with van der Waals surface area (Å²) < 4.78 is 2.22. The molecule has 1 aromatic carbocycles. The van der Waals surface area contributed by atoms with Gasteiger partial charge in [-0.05, 0) is 57.0 Å². The highest BCUT2D eigenvalue weighted by atomic mass is 32.2. The molecule has 0 radical (unpaired) electrons. The summed E-state index contributed by atoms with van der Waals surface area (Å²) in [5.41, 5.74) is 3.59. The molecule has 0 aliphatic carbocycles. The zero-order valence-electron chi connectivity index (χ0n) is 16.7. The summed E-state index contributed by atoms with van der Waals surface area (Å²) in [6.07, 6.45) is 4.56. The Labute approximate surface area is 174 Å². The summed E-state index contributed by atoms with van der Waals surface area (Å²) in [6, 6.07) is 9.70. The first-order valence-electron chi connectivity index (χ1n) is 9.86. The third-order valence-electron chi connectivity index (χ3n) is 4.83. The molecule has 0 saturated heterocycles. The Kier molecular flexibility index (Phi) is 5.89. The van der Waals surface area contributed by atoms with E-state index in [4.69, 9.17) is 0 Å². The molecule has 8 heteroatoms. The molecule has 1 amide bonds. The van der Waals surface area contributed by atoms with Gasteiger partial charge in [0.2, 0.25) is 5.91 Å². The van der Waals surface area contributed by atoms with Gasteiger partial charge in [0, 0.05) is 35.6 Å². The predicted octanol–water partition coefficient (Wildman–Crippen LogP) is 3.81. The minimum atomic E-state index is -0.0816. The number of thioether (sulfide) groups is 1. The molecule has 7 nitrogen and oxygen atoms in total. The van der Waals surface area contributed by atoms with Gasteiger partial charge in [0.05, 0.1) is 5.75 Å². The van der Waals surface area contributed by atoms with Gasteiger partial charge < -0.3 is 9.88 Å². The van der Waals surface area contributed by atoms with Crippen LogP contribution >= 0.6 is 11.8 Å². The van der Waals surface area contributed by atoms with Gasteiger partial charge in [0.15, 0.2) is 11.0 Å². The second-order valence-corrected chi connectivity index (χ2v) is 8.19. The van der Waals surface area contributed by atoms with E-state index in [0.717, 1.165) is 53.7 Å². The van der Waals surface area contributed by atoms with Crippen molar-refractivity contribution in [3.63, 3.8) is 0 Å². The number of carbonyl (C=O) groups excluding carboxylic acids is 1. The van der Waals surface area contributed by atoms with Crippen molar-refractivity contribution in [2.75, 3.05) is 11.1 Å². The summed E-state index contributed by atoms with van der Waals surface area (Å²) >= 11 is 1.34. The Morgan fingerprint density at radius 2 is 1.83 bits per heavy atom. The monoisotopic (exact) mass is 408 g/mol. The molecule has 3 heterocycles. The lowest BCUT2D eigenvalue weighted by atomic mass is 10.2. The van der Waals surface area contributed by atoms with Crippen LogP contribution in [0, 0.1) is 13.8 Å². The van der Waals surface area contributed by atoms with Gasteiger partial charge in [-0.3, -0.25) is 4.79 Å². The maximum absolute atomic E-state index is 12.3. The number of hydrogen-bond donors (Lipinski definition) is 1. The minimum absolute atomic E-state index is 0.0816. The molecule has 1 aliphatic heterocycles. The SMILES string of the molecule is Cc1cc(C)nc(SCC(=O)Nc2ccc(-c3nnc4n3CCCCC4)cc2)n1. The molecule has 3 aromatic rings. The fourth-order valence-corrected chi connectivity index (χ4v) is 4.24. The number of aromatic nitrogens is 5. The Morgan fingerprint density at radius 1 is 1.07 bits per heavy atom. The molecule has 4 rings (SSSR count). The van der Waals surface area contributed by atoms with Crippen molar-refractivity contribution in [2.45, 2.75) is 51.2 Å². The number of carbonyl (C=O) groups is 1. The Balaban J connectivity index is 1.38. The molecular weight excluding hydrogens is 384 g/mol. The second kappa shape index (κ2) is 8.73. The maximum Gasteiger partial charge on any atom is 0.234 e. The molecule has 0 bridgehead atoms. The van der Waals surface area contributed by atoms with E-state index < -0.39 is 0 Å². The highest BCUT2D eigenvalue weighted by Gasteiger charge is 2.16. The maximum atomic E-state index is 12.3. The van der Waals surface area contributed by atoms with Crippen LogP contribution in [-0.4, -0.2) is 36.4 Å². The first-order chi connectivity index (χ1) is 14.1. The number of aryl methyl sites for hydroxylation is 3. The molecule has 0 saturated carbocycles. The number of nitrogens with one attached hydrogen (secondary N) is 1. The topological polar surface area (TPSA) is 85.6 Å². The van der Waals surface area contributed by atoms with Crippen LogP contribution in [0.2, 0.25) is 0 Å². The van der Waals surface area contributed by atoms with Crippen molar-refractivity contribution in [3.8, 4) is 11.4 Å². The minimum Gasteiger partial charge on any atom is -0.325 e. The van der Waals surface area contributed by atoms with Gasteiger partial charge in [-0.2, -0.15) is 0 Å². The van der Waals surface area contributed by atoms with Crippen molar-refractivity contribution in [1.82, 2.24) is 24.7 Å². The van der Waals surface area contributed by atoms with Gasteiger partial charge in [0.1, 0.15) is 5.82 Å². The first kappa shape index (κ1) is 19.6. The average molecular weight is 409 g/mol. The summed E-state index contributed by atoms with van der Waals surface area (Å²) in [5, 5.41) is 12.3. The third-order valence-corrected chi connectivity index (χ3v) is 5.68. The average Bonchev–Trinajstić information content (AvgIpc) is 2.94. The Hall–Kier alpha value is -2.74. The summed E-state index contributed by atoms with van der Waals surface area (Å²) in [5.74, 6) is 2.16. The Morgan fingerprint density at radius 3 is 2.59 bits per heavy atom. The zero-order chi connectivity index (χ0) is 20.2. The number of benzene rings is 1. The number of hydrogen-bond acceptors (Lipinski definition) is 6. The van der Waals surface area contributed by atoms with E-state index in [-0.39, 0.29) is 11.7 Å². The molecule has 0 unspecified atom stereocenters. The van der Waals surface area contributed by atoms with Crippen LogP contribution in [0.5, 0.6) is 0 Å². The quantitative estimate of drug-likeness (QED) is 0.510. The summed E-state index contributed by atoms with van der Waals surface area (Å²) in [7, 11) is 0. The molecule has 0 fully saturated rings. The van der Waals surface area contributed by atoms with Gasteiger partial charge in [-0.15, -0.1) is 10.2 Å². The Bertz CT molecular complexity index is 994. The van der Waals surface area contributed by atoms with Gasteiger partial charge >= 0.3 is 0 Å². The van der Waals surface area contributed by atoms with Crippen molar-refractivity contribution >= 4 is 23.4 Å². The van der Waals surface area contributed by atoms with Gasteiger partial charge in [0.25, 0.3) is 0 Å². The number of fused-ring (bicyclic) bond motifs is 1. The normalized spacial score (nSPS) is 13.6. The van der Waals surface area contributed by atoms with Crippen molar-refractivity contribution in [3.05, 3.63) is 47.5 Å². The van der Waals surface area contributed by atoms with E-state index in [1.807, 2.05) is 44.2 Å². The van der Waals surface area contributed by atoms with Crippen molar-refractivity contribution in [1.29, 1.82) is 0 Å². The van der Waals surface area contributed by atoms with Crippen LogP contribution in [0.4, 0.5) is 5.69 Å². The van der Waals surface area contributed by atoms with Crippen LogP contribution in [-0.2, 0) is 17.8 Å². The lowest BCUT2D eigenvalue weighted by Gasteiger charge is -2.09. The third kappa shape index (κ3) is 4.82. The van der Waals surface area contributed by atoms with Crippen LogP contribution in [0.15, 0.2) is 35.5 Å². The number of anilines is 1. The molecule has 0 spiro atoms. The van der Waals surface area contributed by atoms with Crippen LogP contribution in [0.25, 0.3) is 11.4 Å². The van der Waals surface area contributed by atoms with Gasteiger partial charge in [-0.25, -0.2) is 9.97 Å². The molecule has 150 valence electrons. The standard InChI is InChI=1S/C21H24N6OS/c1-14-12-15(2)23-21(22-14)29-13-19(28)24-17-9-7-16(8-10-17)20-26-25-18-6-4-3-5-11-27(18)20/h7-10,12H,3-6,11,13H2,1-2H3,(H,24,28). The number of amides is 1. The van der Waals surface area contributed by atoms with E-state index >= 15 is 0 Å². The summed E-state index contributed by atoms with van der Waals surface area (Å²) in [4.78, 5) is 21.0. The largest absolute Gasteiger partial charge is 0.325 e. The van der Waals surface area contributed by atoms with Crippen molar-refractivity contribution < 1.29 is 4.79 Å². The highest BCUT2D eigenvalue weighted by molar-refractivity contribution is 7.99. The molecule has 29 heavy (non-hydrogen) atoms.